The maximum atomic E-state index is 5.14. The molecule has 0 aliphatic carbocycles. The zero-order valence-corrected chi connectivity index (χ0v) is 11.3. The van der Waals surface area contributed by atoms with E-state index in [-0.39, 0.29) is 0 Å². The average Bonchev–Trinajstić information content (AvgIpc) is 2.17. The molecule has 0 N–H and O–H groups in total. The van der Waals surface area contributed by atoms with Gasteiger partial charge in [-0.05, 0) is 12.0 Å². The average molecular weight is 272 g/mol. The molecular weight excluding hydrogens is 254 g/mol. The number of halogens is 1. The van der Waals surface area contributed by atoms with Crippen LogP contribution in [0.15, 0.2) is 18.2 Å². The summed E-state index contributed by atoms with van der Waals surface area (Å²) in [5.74, 6) is 1.66. The summed E-state index contributed by atoms with van der Waals surface area (Å²) in [6, 6.07) is 5.93. The van der Waals surface area contributed by atoms with Gasteiger partial charge in [-0.15, -0.1) is 0 Å². The van der Waals surface area contributed by atoms with E-state index in [9.17, 15) is 0 Å². The third-order valence-corrected chi connectivity index (χ3v) is 3.08. The second-order valence-electron chi connectivity index (χ2n) is 4.05. The quantitative estimate of drug-likeness (QED) is 0.781. The van der Waals surface area contributed by atoms with Crippen molar-refractivity contribution >= 4 is 15.9 Å². The second-order valence-corrected chi connectivity index (χ2v) is 5.50. The number of aromatic nitrogens is 1. The van der Waals surface area contributed by atoms with Crippen LogP contribution in [0, 0.1) is 5.92 Å². The Hall–Kier alpha value is -0.570. The standard InChI is InChI=1S/C12H18BrNO/c1-8(2)12(9(3)13)10-6-5-7-11(14-10)15-4/h5-9,12H,1-4H3. The zero-order valence-electron chi connectivity index (χ0n) is 9.70. The molecule has 0 saturated heterocycles. The van der Waals surface area contributed by atoms with Gasteiger partial charge in [0.15, 0.2) is 0 Å². The monoisotopic (exact) mass is 271 g/mol. The van der Waals surface area contributed by atoms with Gasteiger partial charge in [0.25, 0.3) is 0 Å². The number of alkyl halides is 1. The lowest BCUT2D eigenvalue weighted by Gasteiger charge is -2.23. The molecular formula is C12H18BrNO. The number of ether oxygens (including phenoxy) is 1. The van der Waals surface area contributed by atoms with Crippen LogP contribution in [-0.4, -0.2) is 16.9 Å². The minimum Gasteiger partial charge on any atom is -0.481 e. The molecule has 2 nitrogen and oxygen atoms in total. The number of pyridine rings is 1. The van der Waals surface area contributed by atoms with Crippen LogP contribution in [0.25, 0.3) is 0 Å². The van der Waals surface area contributed by atoms with Crippen molar-refractivity contribution in [2.45, 2.75) is 31.5 Å². The van der Waals surface area contributed by atoms with Gasteiger partial charge in [0, 0.05) is 22.5 Å². The van der Waals surface area contributed by atoms with Crippen molar-refractivity contribution in [3.05, 3.63) is 23.9 Å². The summed E-state index contributed by atoms with van der Waals surface area (Å²) in [5, 5.41) is 0. The van der Waals surface area contributed by atoms with E-state index < -0.39 is 0 Å². The molecule has 0 fully saturated rings. The molecule has 0 amide bonds. The molecule has 1 aromatic heterocycles. The summed E-state index contributed by atoms with van der Waals surface area (Å²) in [5.41, 5.74) is 1.09. The molecule has 2 unspecified atom stereocenters. The molecule has 0 saturated carbocycles. The van der Waals surface area contributed by atoms with E-state index in [4.69, 9.17) is 4.74 Å². The predicted molar refractivity (Wildman–Crippen MR) is 66.8 cm³/mol. The summed E-state index contributed by atoms with van der Waals surface area (Å²) in [6.07, 6.45) is 0. The molecule has 0 radical (unpaired) electrons. The molecule has 3 heteroatoms. The largest absolute Gasteiger partial charge is 0.481 e. The highest BCUT2D eigenvalue weighted by atomic mass is 79.9. The number of nitrogens with zero attached hydrogens (tertiary/aromatic N) is 1. The summed E-state index contributed by atoms with van der Waals surface area (Å²) in [4.78, 5) is 4.90. The van der Waals surface area contributed by atoms with Gasteiger partial charge >= 0.3 is 0 Å². The fraction of sp³-hybridized carbons (Fsp3) is 0.583. The maximum absolute atomic E-state index is 5.14. The lowest BCUT2D eigenvalue weighted by molar-refractivity contribution is 0.391. The number of methoxy groups -OCH3 is 1. The Balaban J connectivity index is 3.00. The Kier molecular flexibility index (Phi) is 4.58. The Morgan fingerprint density at radius 2 is 1.93 bits per heavy atom. The molecule has 2 atom stereocenters. The highest BCUT2D eigenvalue weighted by Gasteiger charge is 2.22. The highest BCUT2D eigenvalue weighted by molar-refractivity contribution is 9.09. The van der Waals surface area contributed by atoms with Crippen LogP contribution >= 0.6 is 15.9 Å². The maximum Gasteiger partial charge on any atom is 0.213 e. The molecule has 1 aromatic rings. The SMILES string of the molecule is COc1cccc(C(C(C)C)C(C)Br)n1. The lowest BCUT2D eigenvalue weighted by atomic mass is 9.90. The van der Waals surface area contributed by atoms with E-state index in [1.807, 2.05) is 12.1 Å². The topological polar surface area (TPSA) is 22.1 Å². The zero-order chi connectivity index (χ0) is 11.4. The lowest BCUT2D eigenvalue weighted by Crippen LogP contribution is -2.17. The molecule has 1 rings (SSSR count). The minimum absolute atomic E-state index is 0.414. The molecule has 0 aliphatic rings. The van der Waals surface area contributed by atoms with Crippen LogP contribution in [0.5, 0.6) is 5.88 Å². The van der Waals surface area contributed by atoms with Gasteiger partial charge in [0.05, 0.1) is 7.11 Å². The van der Waals surface area contributed by atoms with Gasteiger partial charge in [-0.25, -0.2) is 4.98 Å². The van der Waals surface area contributed by atoms with Gasteiger partial charge in [-0.2, -0.15) is 0 Å². The Morgan fingerprint density at radius 1 is 1.27 bits per heavy atom. The fourth-order valence-corrected chi connectivity index (χ4v) is 2.72. The minimum atomic E-state index is 0.414. The molecule has 84 valence electrons. The third-order valence-electron chi connectivity index (χ3n) is 2.51. The fourth-order valence-electron chi connectivity index (χ4n) is 1.84. The molecule has 0 aliphatic heterocycles. The number of hydrogen-bond donors (Lipinski definition) is 0. The Labute approximate surface area is 100 Å². The summed E-state index contributed by atoms with van der Waals surface area (Å²) in [6.45, 7) is 6.58. The van der Waals surface area contributed by atoms with Gasteiger partial charge < -0.3 is 4.74 Å². The molecule has 0 spiro atoms. The molecule has 1 heterocycles. The van der Waals surface area contributed by atoms with Gasteiger partial charge in [0.1, 0.15) is 0 Å². The molecule has 15 heavy (non-hydrogen) atoms. The van der Waals surface area contributed by atoms with Crippen LogP contribution in [-0.2, 0) is 0 Å². The van der Waals surface area contributed by atoms with Crippen molar-refractivity contribution in [2.75, 3.05) is 7.11 Å². The second kappa shape index (κ2) is 5.50. The highest BCUT2D eigenvalue weighted by Crippen LogP contribution is 2.31. The van der Waals surface area contributed by atoms with Crippen molar-refractivity contribution in [3.63, 3.8) is 0 Å². The predicted octanol–water partition coefficient (Wildman–Crippen LogP) is 3.61. The molecule has 0 aromatic carbocycles. The van der Waals surface area contributed by atoms with Crippen molar-refractivity contribution < 1.29 is 4.74 Å². The summed E-state index contributed by atoms with van der Waals surface area (Å²) >= 11 is 3.64. The van der Waals surface area contributed by atoms with Crippen LogP contribution in [0.3, 0.4) is 0 Å². The van der Waals surface area contributed by atoms with Crippen LogP contribution in [0.2, 0.25) is 0 Å². The van der Waals surface area contributed by atoms with E-state index in [1.165, 1.54) is 0 Å². The van der Waals surface area contributed by atoms with Crippen molar-refractivity contribution in [2.24, 2.45) is 5.92 Å². The Morgan fingerprint density at radius 3 is 2.40 bits per heavy atom. The van der Waals surface area contributed by atoms with Gasteiger partial charge in [0.2, 0.25) is 5.88 Å². The Bertz CT molecular complexity index is 304. The summed E-state index contributed by atoms with van der Waals surface area (Å²) in [7, 11) is 1.65. The van der Waals surface area contributed by atoms with E-state index >= 15 is 0 Å². The van der Waals surface area contributed by atoms with E-state index in [0.717, 1.165) is 5.69 Å². The first kappa shape index (κ1) is 12.5. The van der Waals surface area contributed by atoms with E-state index in [0.29, 0.717) is 22.5 Å². The van der Waals surface area contributed by atoms with Crippen LogP contribution < -0.4 is 4.74 Å². The van der Waals surface area contributed by atoms with E-state index in [1.54, 1.807) is 7.11 Å². The first-order chi connectivity index (χ1) is 7.06. The van der Waals surface area contributed by atoms with Gasteiger partial charge in [-0.3, -0.25) is 0 Å². The van der Waals surface area contributed by atoms with Crippen LogP contribution in [0.1, 0.15) is 32.4 Å². The smallest absolute Gasteiger partial charge is 0.213 e. The normalized spacial score (nSPS) is 15.1. The van der Waals surface area contributed by atoms with Crippen LogP contribution in [0.4, 0.5) is 0 Å². The van der Waals surface area contributed by atoms with Gasteiger partial charge in [-0.1, -0.05) is 42.8 Å². The van der Waals surface area contributed by atoms with Crippen molar-refractivity contribution in [3.8, 4) is 5.88 Å². The third kappa shape index (κ3) is 3.20. The molecule has 0 bridgehead atoms. The van der Waals surface area contributed by atoms with E-state index in [2.05, 4.69) is 47.8 Å². The number of rotatable bonds is 4. The van der Waals surface area contributed by atoms with Crippen molar-refractivity contribution in [1.29, 1.82) is 0 Å². The first-order valence-electron chi connectivity index (χ1n) is 5.21. The number of hydrogen-bond acceptors (Lipinski definition) is 2. The van der Waals surface area contributed by atoms with Crippen molar-refractivity contribution in [1.82, 2.24) is 4.98 Å². The summed E-state index contributed by atoms with van der Waals surface area (Å²) < 4.78 is 5.14. The first-order valence-corrected chi connectivity index (χ1v) is 6.12.